The summed E-state index contributed by atoms with van der Waals surface area (Å²) in [6, 6.07) is 18.9. The molecule has 0 unspecified atom stereocenters. The van der Waals surface area contributed by atoms with Crippen LogP contribution in [0.2, 0.25) is 19.6 Å². The first-order chi connectivity index (χ1) is 13.5. The molecule has 154 valence electrons. The van der Waals surface area contributed by atoms with Crippen LogP contribution in [0.1, 0.15) is 38.8 Å². The Bertz CT molecular complexity index is 865. The zero-order chi connectivity index (χ0) is 21.4. The lowest BCUT2D eigenvalue weighted by molar-refractivity contribution is 0.00578. The average molecular weight is 408 g/mol. The average Bonchev–Trinajstić information content (AvgIpc) is 2.86. The van der Waals surface area contributed by atoms with Gasteiger partial charge in [0.2, 0.25) is 0 Å². The summed E-state index contributed by atoms with van der Waals surface area (Å²) in [6.07, 6.45) is 0. The van der Waals surface area contributed by atoms with Crippen molar-refractivity contribution in [2.45, 2.75) is 58.5 Å². The van der Waals surface area contributed by atoms with Crippen LogP contribution in [0.3, 0.4) is 0 Å². The monoisotopic (exact) mass is 408 g/mol. The first-order valence-electron chi connectivity index (χ1n) is 10.3. The minimum absolute atomic E-state index is 0.387. The lowest BCUT2D eigenvalue weighted by atomic mass is 9.73. The number of hydrogen-bond acceptors (Lipinski definition) is 3. The van der Waals surface area contributed by atoms with E-state index in [1.54, 1.807) is 7.11 Å². The first-order valence-corrected chi connectivity index (χ1v) is 13.8. The molecule has 0 bridgehead atoms. The van der Waals surface area contributed by atoms with Crippen LogP contribution in [0.25, 0.3) is 10.7 Å². The molecule has 5 heteroatoms. The Hall–Kier alpha value is -1.82. The third kappa shape index (κ3) is 4.37. The zero-order valence-corrected chi connectivity index (χ0v) is 20.0. The highest BCUT2D eigenvalue weighted by atomic mass is 28.3. The first kappa shape index (κ1) is 21.9. The van der Waals surface area contributed by atoms with Crippen molar-refractivity contribution in [2.24, 2.45) is 0 Å². The highest BCUT2D eigenvalue weighted by Crippen LogP contribution is 2.44. The van der Waals surface area contributed by atoms with Crippen LogP contribution >= 0.6 is 0 Å². The summed E-state index contributed by atoms with van der Waals surface area (Å²) in [6.45, 7) is 15.6. The quantitative estimate of drug-likeness (QED) is 0.441. The molecule has 1 fully saturated rings. The molecule has 3 rings (SSSR count). The highest BCUT2D eigenvalue weighted by molar-refractivity contribution is 6.98. The molecule has 1 heterocycles. The van der Waals surface area contributed by atoms with Gasteiger partial charge in [0.15, 0.2) is 0 Å². The van der Waals surface area contributed by atoms with Gasteiger partial charge in [-0.15, -0.1) is 0 Å². The van der Waals surface area contributed by atoms with Gasteiger partial charge < -0.3 is 14.0 Å². The lowest BCUT2D eigenvalue weighted by Gasteiger charge is -2.32. The maximum Gasteiger partial charge on any atom is 0.495 e. The second kappa shape index (κ2) is 7.78. The van der Waals surface area contributed by atoms with Gasteiger partial charge in [-0.3, -0.25) is 0 Å². The van der Waals surface area contributed by atoms with Crippen LogP contribution in [-0.2, 0) is 9.31 Å². The zero-order valence-electron chi connectivity index (χ0n) is 19.0. The Labute approximate surface area is 177 Å². The summed E-state index contributed by atoms with van der Waals surface area (Å²) < 4.78 is 18.5. The fourth-order valence-corrected chi connectivity index (χ4v) is 5.83. The van der Waals surface area contributed by atoms with E-state index in [9.17, 15) is 0 Å². The molecule has 0 atom stereocenters. The summed E-state index contributed by atoms with van der Waals surface area (Å²) in [5.74, 6) is 0.862. The molecular formula is C24H33BO3Si. The Morgan fingerprint density at radius 3 is 1.76 bits per heavy atom. The van der Waals surface area contributed by atoms with Crippen LogP contribution in [-0.4, -0.2) is 33.5 Å². The van der Waals surface area contributed by atoms with Crippen molar-refractivity contribution in [3.05, 3.63) is 65.7 Å². The largest absolute Gasteiger partial charge is 0.497 e. The number of benzene rings is 2. The van der Waals surface area contributed by atoms with Gasteiger partial charge in [0.1, 0.15) is 5.75 Å². The molecule has 1 aliphatic rings. The Kier molecular flexibility index (Phi) is 5.87. The van der Waals surface area contributed by atoms with E-state index in [4.69, 9.17) is 14.0 Å². The molecule has 0 saturated carbocycles. The highest BCUT2D eigenvalue weighted by Gasteiger charge is 2.53. The molecule has 2 aromatic carbocycles. The Morgan fingerprint density at radius 1 is 0.793 bits per heavy atom. The normalized spacial score (nSPS) is 19.1. The van der Waals surface area contributed by atoms with E-state index >= 15 is 0 Å². The maximum absolute atomic E-state index is 6.54. The van der Waals surface area contributed by atoms with Crippen LogP contribution in [0.5, 0.6) is 5.75 Å². The summed E-state index contributed by atoms with van der Waals surface area (Å²) >= 11 is 0. The smallest absolute Gasteiger partial charge is 0.495 e. The molecule has 1 saturated heterocycles. The Morgan fingerprint density at radius 2 is 1.31 bits per heavy atom. The van der Waals surface area contributed by atoms with E-state index in [0.29, 0.717) is 0 Å². The fraction of sp³-hybridized carbons (Fsp3) is 0.417. The molecular weight excluding hydrogens is 375 g/mol. The minimum Gasteiger partial charge on any atom is -0.497 e. The van der Waals surface area contributed by atoms with Crippen molar-refractivity contribution in [3.8, 4) is 5.75 Å². The van der Waals surface area contributed by atoms with Gasteiger partial charge in [0, 0.05) is 0 Å². The van der Waals surface area contributed by atoms with E-state index in [1.807, 2.05) is 18.2 Å². The van der Waals surface area contributed by atoms with E-state index in [-0.39, 0.29) is 11.2 Å². The van der Waals surface area contributed by atoms with Gasteiger partial charge in [-0.1, -0.05) is 67.3 Å². The fourth-order valence-electron chi connectivity index (χ4n) is 3.73. The summed E-state index contributed by atoms with van der Waals surface area (Å²) in [5.41, 5.74) is 2.73. The van der Waals surface area contributed by atoms with Crippen molar-refractivity contribution in [1.82, 2.24) is 0 Å². The van der Waals surface area contributed by atoms with Crippen molar-refractivity contribution in [2.75, 3.05) is 7.11 Å². The second-order valence-electron chi connectivity index (χ2n) is 9.72. The second-order valence-corrected chi connectivity index (χ2v) is 14.7. The van der Waals surface area contributed by atoms with E-state index in [2.05, 4.69) is 83.7 Å². The number of ether oxygens (including phenoxy) is 1. The topological polar surface area (TPSA) is 27.7 Å². The molecule has 0 amide bonds. The van der Waals surface area contributed by atoms with Crippen LogP contribution in [0.15, 0.2) is 54.6 Å². The van der Waals surface area contributed by atoms with E-state index < -0.39 is 15.2 Å². The maximum atomic E-state index is 6.54. The third-order valence-electron chi connectivity index (χ3n) is 5.97. The van der Waals surface area contributed by atoms with Gasteiger partial charge >= 0.3 is 7.12 Å². The van der Waals surface area contributed by atoms with Gasteiger partial charge in [-0.2, -0.15) is 0 Å². The molecule has 3 nitrogen and oxygen atoms in total. The van der Waals surface area contributed by atoms with Crippen molar-refractivity contribution >= 4 is 25.9 Å². The van der Waals surface area contributed by atoms with Crippen molar-refractivity contribution < 1.29 is 14.0 Å². The molecule has 0 radical (unpaired) electrons. The van der Waals surface area contributed by atoms with Gasteiger partial charge in [-0.05, 0) is 56.4 Å². The van der Waals surface area contributed by atoms with Crippen LogP contribution in [0.4, 0.5) is 0 Å². The molecule has 0 N–H and O–H groups in total. The molecule has 0 aliphatic carbocycles. The molecule has 0 spiro atoms. The predicted octanol–water partition coefficient (Wildman–Crippen LogP) is 6.11. The van der Waals surface area contributed by atoms with Gasteiger partial charge in [0.25, 0.3) is 0 Å². The van der Waals surface area contributed by atoms with Crippen molar-refractivity contribution in [3.63, 3.8) is 0 Å². The van der Waals surface area contributed by atoms with Gasteiger partial charge in [0.05, 0.1) is 26.4 Å². The number of hydrogen-bond donors (Lipinski definition) is 0. The van der Waals surface area contributed by atoms with Crippen LogP contribution < -0.4 is 4.74 Å². The molecule has 2 aromatic rings. The predicted molar refractivity (Wildman–Crippen MR) is 126 cm³/mol. The molecule has 1 aliphatic heterocycles. The third-order valence-corrected chi connectivity index (χ3v) is 8.03. The SMILES string of the molecule is COc1ccc(/C(=C(/B2OC(C)(C)C(C)(C)O2)c2ccccc2)[Si](C)(C)C)cc1. The molecule has 29 heavy (non-hydrogen) atoms. The number of methoxy groups -OCH3 is 1. The summed E-state index contributed by atoms with van der Waals surface area (Å²) in [5, 5.41) is 1.35. The van der Waals surface area contributed by atoms with Gasteiger partial charge in [-0.25, -0.2) is 0 Å². The minimum atomic E-state index is -1.78. The standard InChI is InChI=1S/C24H33BO3Si/c1-23(2)24(3,4)28-25(27-23)21(18-12-10-9-11-13-18)22(29(6,7)8)19-14-16-20(26-5)17-15-19/h9-17H,1-8H3/b22-21-. The van der Waals surface area contributed by atoms with Crippen molar-refractivity contribution in [1.29, 1.82) is 0 Å². The Balaban J connectivity index is 2.27. The summed E-state index contributed by atoms with van der Waals surface area (Å²) in [4.78, 5) is 0. The number of rotatable bonds is 5. The summed E-state index contributed by atoms with van der Waals surface area (Å²) in [7, 11) is -0.495. The molecule has 0 aromatic heterocycles. The van der Waals surface area contributed by atoms with E-state index in [0.717, 1.165) is 16.8 Å². The lowest BCUT2D eigenvalue weighted by Crippen LogP contribution is -2.41. The van der Waals surface area contributed by atoms with Crippen LogP contribution in [0, 0.1) is 0 Å². The van der Waals surface area contributed by atoms with E-state index in [1.165, 1.54) is 10.8 Å².